The summed E-state index contributed by atoms with van der Waals surface area (Å²) in [4.78, 5) is 3.94. The van der Waals surface area contributed by atoms with E-state index < -0.39 is 0 Å². The molecule has 0 aliphatic carbocycles. The Hall–Kier alpha value is -1.12. The highest BCUT2D eigenvalue weighted by atomic mass is 32.1. The molecular weight excluding hydrogens is 214 g/mol. The summed E-state index contributed by atoms with van der Waals surface area (Å²) in [5.74, 6) is 0.557. The Labute approximate surface area is 100 Å². The third kappa shape index (κ3) is 1.68. The Morgan fingerprint density at radius 2 is 2.00 bits per heavy atom. The first-order chi connectivity index (χ1) is 7.84. The lowest BCUT2D eigenvalue weighted by atomic mass is 9.89. The fraction of sp³-hybridized carbons (Fsp3) is 0.286. The summed E-state index contributed by atoms with van der Waals surface area (Å²) in [6.45, 7) is 2.24. The fourth-order valence-electron chi connectivity index (χ4n) is 2.48. The van der Waals surface area contributed by atoms with Crippen LogP contribution >= 0.6 is 11.3 Å². The Kier molecular flexibility index (Phi) is 2.54. The number of thiophene rings is 1. The van der Waals surface area contributed by atoms with Gasteiger partial charge >= 0.3 is 0 Å². The monoisotopic (exact) mass is 229 g/mol. The van der Waals surface area contributed by atoms with E-state index in [9.17, 15) is 0 Å². The van der Waals surface area contributed by atoms with Crippen molar-refractivity contribution >= 4 is 11.3 Å². The molecule has 1 aromatic carbocycles. The van der Waals surface area contributed by atoms with Gasteiger partial charge in [-0.25, -0.2) is 0 Å². The summed E-state index contributed by atoms with van der Waals surface area (Å²) < 4.78 is 0. The highest BCUT2D eigenvalue weighted by Gasteiger charge is 2.25. The highest BCUT2D eigenvalue weighted by Crippen LogP contribution is 2.35. The van der Waals surface area contributed by atoms with Crippen molar-refractivity contribution < 1.29 is 0 Å². The Morgan fingerprint density at radius 1 is 1.19 bits per heavy atom. The number of rotatable bonds is 1. The van der Waals surface area contributed by atoms with Crippen molar-refractivity contribution in [2.75, 3.05) is 13.6 Å². The predicted octanol–water partition coefficient (Wildman–Crippen LogP) is 3.33. The lowest BCUT2D eigenvalue weighted by Crippen LogP contribution is -2.29. The summed E-state index contributed by atoms with van der Waals surface area (Å²) in [6, 6.07) is 13.1. The van der Waals surface area contributed by atoms with Gasteiger partial charge in [0.1, 0.15) is 0 Å². The molecule has 0 fully saturated rings. The quantitative estimate of drug-likeness (QED) is 0.725. The maximum atomic E-state index is 2.41. The first-order valence-electron chi connectivity index (χ1n) is 5.64. The van der Waals surface area contributed by atoms with Crippen molar-refractivity contribution in [3.05, 3.63) is 57.8 Å². The van der Waals surface area contributed by atoms with Gasteiger partial charge in [-0.3, -0.25) is 0 Å². The summed E-state index contributed by atoms with van der Waals surface area (Å²) in [7, 11) is 2.21. The number of hydrogen-bond donors (Lipinski definition) is 0. The van der Waals surface area contributed by atoms with Gasteiger partial charge < -0.3 is 4.90 Å². The van der Waals surface area contributed by atoms with Crippen LogP contribution in [0.2, 0.25) is 0 Å². The second-order valence-electron chi connectivity index (χ2n) is 4.46. The van der Waals surface area contributed by atoms with Gasteiger partial charge in [0.15, 0.2) is 0 Å². The van der Waals surface area contributed by atoms with Gasteiger partial charge in [-0.2, -0.15) is 0 Å². The van der Waals surface area contributed by atoms with Gasteiger partial charge in [0.05, 0.1) is 0 Å². The lowest BCUT2D eigenvalue weighted by Gasteiger charge is -2.30. The van der Waals surface area contributed by atoms with Crippen molar-refractivity contribution in [2.45, 2.75) is 12.5 Å². The maximum absolute atomic E-state index is 2.41. The van der Waals surface area contributed by atoms with Gasteiger partial charge in [-0.05, 0) is 29.6 Å². The van der Waals surface area contributed by atoms with E-state index in [1.807, 2.05) is 11.3 Å². The molecule has 82 valence electrons. The highest BCUT2D eigenvalue weighted by molar-refractivity contribution is 7.10. The molecule has 0 spiro atoms. The fourth-order valence-corrected chi connectivity index (χ4v) is 3.50. The Balaban J connectivity index is 2.04. The minimum Gasteiger partial charge on any atom is -0.300 e. The second-order valence-corrected chi connectivity index (χ2v) is 5.46. The molecule has 1 unspecified atom stereocenters. The summed E-state index contributed by atoms with van der Waals surface area (Å²) in [5, 5.41) is 2.22. The molecule has 16 heavy (non-hydrogen) atoms. The zero-order valence-corrected chi connectivity index (χ0v) is 10.2. The molecule has 0 N–H and O–H groups in total. The van der Waals surface area contributed by atoms with E-state index in [4.69, 9.17) is 0 Å². The van der Waals surface area contributed by atoms with Crippen molar-refractivity contribution in [3.63, 3.8) is 0 Å². The molecule has 0 saturated carbocycles. The van der Waals surface area contributed by atoms with E-state index in [2.05, 4.69) is 53.7 Å². The van der Waals surface area contributed by atoms with Crippen LogP contribution in [0, 0.1) is 0 Å². The number of nitrogens with zero attached hydrogens (tertiary/aromatic N) is 1. The van der Waals surface area contributed by atoms with Gasteiger partial charge in [0.25, 0.3) is 0 Å². The Morgan fingerprint density at radius 3 is 2.81 bits per heavy atom. The zero-order chi connectivity index (χ0) is 11.0. The molecule has 1 aromatic heterocycles. The van der Waals surface area contributed by atoms with Gasteiger partial charge in [-0.15, -0.1) is 11.3 Å². The number of benzene rings is 1. The molecule has 0 saturated heterocycles. The van der Waals surface area contributed by atoms with Crippen LogP contribution in [0.5, 0.6) is 0 Å². The molecule has 1 atom stereocenters. The molecule has 2 heterocycles. The minimum atomic E-state index is 0.557. The average molecular weight is 229 g/mol. The van der Waals surface area contributed by atoms with Crippen LogP contribution in [0.3, 0.4) is 0 Å². The summed E-state index contributed by atoms with van der Waals surface area (Å²) in [6.07, 6.45) is 0. The van der Waals surface area contributed by atoms with Crippen molar-refractivity contribution in [1.82, 2.24) is 4.90 Å². The molecule has 0 bridgehead atoms. The van der Waals surface area contributed by atoms with Crippen molar-refractivity contribution in [3.8, 4) is 0 Å². The van der Waals surface area contributed by atoms with E-state index in [1.165, 1.54) is 16.0 Å². The largest absolute Gasteiger partial charge is 0.300 e. The number of fused-ring (bicyclic) bond motifs is 1. The number of likely N-dealkylation sites (N-methyl/N-ethyl adjacent to an activating group) is 1. The van der Waals surface area contributed by atoms with E-state index in [0.717, 1.165) is 13.1 Å². The first-order valence-corrected chi connectivity index (χ1v) is 6.52. The molecular formula is C14H15NS. The third-order valence-electron chi connectivity index (χ3n) is 3.27. The minimum absolute atomic E-state index is 0.557. The molecule has 3 rings (SSSR count). The summed E-state index contributed by atoms with van der Waals surface area (Å²) >= 11 is 1.89. The van der Waals surface area contributed by atoms with Gasteiger partial charge in [-0.1, -0.05) is 30.3 Å². The second kappa shape index (κ2) is 4.04. The van der Waals surface area contributed by atoms with Crippen LogP contribution < -0.4 is 0 Å². The summed E-state index contributed by atoms with van der Waals surface area (Å²) in [5.41, 5.74) is 2.98. The standard InChI is InChI=1S/C14H15NS/c1-15-9-13(11-5-3-2-4-6-11)12-7-8-16-14(12)10-15/h2-8,13H,9-10H2,1H3. The smallest absolute Gasteiger partial charge is 0.0328 e. The van der Waals surface area contributed by atoms with Crippen LogP contribution in [0.4, 0.5) is 0 Å². The van der Waals surface area contributed by atoms with Crippen LogP contribution in [0.25, 0.3) is 0 Å². The van der Waals surface area contributed by atoms with E-state index in [-0.39, 0.29) is 0 Å². The Bertz CT molecular complexity index is 474. The van der Waals surface area contributed by atoms with Gasteiger partial charge in [0.2, 0.25) is 0 Å². The van der Waals surface area contributed by atoms with Crippen molar-refractivity contribution in [1.29, 1.82) is 0 Å². The SMILES string of the molecule is CN1Cc2sccc2C(c2ccccc2)C1. The molecule has 1 aliphatic heterocycles. The lowest BCUT2D eigenvalue weighted by molar-refractivity contribution is 0.299. The van der Waals surface area contributed by atoms with E-state index in [1.54, 1.807) is 0 Å². The van der Waals surface area contributed by atoms with Crippen LogP contribution in [-0.4, -0.2) is 18.5 Å². The maximum Gasteiger partial charge on any atom is 0.0328 e. The molecule has 2 aromatic rings. The van der Waals surface area contributed by atoms with Crippen LogP contribution in [-0.2, 0) is 6.54 Å². The topological polar surface area (TPSA) is 3.24 Å². The zero-order valence-electron chi connectivity index (χ0n) is 9.39. The van der Waals surface area contributed by atoms with Gasteiger partial charge in [0, 0.05) is 23.9 Å². The first kappa shape index (κ1) is 10.1. The number of hydrogen-bond acceptors (Lipinski definition) is 2. The van der Waals surface area contributed by atoms with Crippen LogP contribution in [0.1, 0.15) is 21.9 Å². The van der Waals surface area contributed by atoms with Crippen LogP contribution in [0.15, 0.2) is 41.8 Å². The predicted molar refractivity (Wildman–Crippen MR) is 68.9 cm³/mol. The molecule has 0 amide bonds. The normalized spacial score (nSPS) is 20.7. The molecule has 1 aliphatic rings. The molecule has 2 heteroatoms. The third-order valence-corrected chi connectivity index (χ3v) is 4.19. The molecule has 1 nitrogen and oxygen atoms in total. The average Bonchev–Trinajstić information content (AvgIpc) is 2.77. The van der Waals surface area contributed by atoms with E-state index in [0.29, 0.717) is 5.92 Å². The van der Waals surface area contributed by atoms with E-state index >= 15 is 0 Å². The van der Waals surface area contributed by atoms with Crippen molar-refractivity contribution in [2.24, 2.45) is 0 Å². The molecule has 0 radical (unpaired) electrons.